The third-order valence-electron chi connectivity index (χ3n) is 14.1. The largest absolute Gasteiger partial charge is 0.456 e. The lowest BCUT2D eigenvalue weighted by Crippen LogP contribution is -2.82. The van der Waals surface area contributed by atoms with Crippen LogP contribution in [0.1, 0.15) is 69.4 Å². The third kappa shape index (κ3) is 8.41. The van der Waals surface area contributed by atoms with Gasteiger partial charge in [-0.1, -0.05) is 62.4 Å². The van der Waals surface area contributed by atoms with Crippen molar-refractivity contribution in [2.45, 2.75) is 125 Å². The highest BCUT2D eigenvalue weighted by Gasteiger charge is 2.87. The first-order valence-corrected chi connectivity index (χ1v) is 21.1. The maximum atomic E-state index is 15.5. The van der Waals surface area contributed by atoms with E-state index in [2.05, 4.69) is 4.74 Å². The number of aliphatic hydroxyl groups is 2. The van der Waals surface area contributed by atoms with Gasteiger partial charge < -0.3 is 48.7 Å². The number of fused-ring (bicyclic) bond motifs is 5. The molecule has 2 aromatic carbocycles. The van der Waals surface area contributed by atoms with Crippen molar-refractivity contribution in [2.24, 2.45) is 16.7 Å². The molecule has 2 aromatic rings. The van der Waals surface area contributed by atoms with Crippen LogP contribution >= 0.6 is 0 Å². The fourth-order valence-corrected chi connectivity index (χ4v) is 10.6. The second-order valence-corrected chi connectivity index (χ2v) is 18.1. The summed E-state index contributed by atoms with van der Waals surface area (Å²) in [5, 5.41) is 26.4. The molecule has 2 bridgehead atoms. The van der Waals surface area contributed by atoms with Gasteiger partial charge in [0.15, 0.2) is 17.5 Å². The van der Waals surface area contributed by atoms with Crippen LogP contribution < -0.4 is 5.32 Å². The number of ether oxygens (including phenoxy) is 7. The zero-order valence-electron chi connectivity index (χ0n) is 37.7. The molecule has 0 unspecified atom stereocenters. The summed E-state index contributed by atoms with van der Waals surface area (Å²) in [6.45, 7) is 6.42. The van der Waals surface area contributed by atoms with E-state index in [1.807, 2.05) is 0 Å². The maximum absolute atomic E-state index is 15.5. The number of esters is 3. The molecule has 69 heavy (non-hydrogen) atoms. The maximum Gasteiger partial charge on any atom is 0.447 e. The van der Waals surface area contributed by atoms with Crippen LogP contribution in [-0.2, 0) is 47.5 Å². The van der Waals surface area contributed by atoms with Gasteiger partial charge in [-0.15, -0.1) is 0 Å². The highest BCUT2D eigenvalue weighted by Crippen LogP contribution is 2.65. The smallest absolute Gasteiger partial charge is 0.447 e. The van der Waals surface area contributed by atoms with Gasteiger partial charge in [-0.05, 0) is 42.7 Å². The summed E-state index contributed by atoms with van der Waals surface area (Å²) >= 11 is 0. The van der Waals surface area contributed by atoms with Crippen molar-refractivity contribution in [3.05, 3.63) is 82.9 Å². The molecule has 24 heteroatoms. The van der Waals surface area contributed by atoms with Crippen molar-refractivity contribution in [3.63, 3.8) is 0 Å². The zero-order chi connectivity index (χ0) is 51.7. The first-order valence-electron chi connectivity index (χ1n) is 21.1. The Morgan fingerprint density at radius 3 is 1.87 bits per heavy atom. The first kappa shape index (κ1) is 53.1. The van der Waals surface area contributed by atoms with Crippen molar-refractivity contribution in [3.8, 4) is 0 Å². The Morgan fingerprint density at radius 2 is 1.39 bits per heavy atom. The van der Waals surface area contributed by atoms with E-state index in [9.17, 15) is 68.9 Å². The molecule has 2 saturated carbocycles. The molecule has 6 rings (SSSR count). The molecule has 380 valence electrons. The van der Waals surface area contributed by atoms with Gasteiger partial charge in [-0.3, -0.25) is 9.59 Å². The minimum Gasteiger partial charge on any atom is -0.456 e. The number of Topliss-reactive ketones (excluding diaryl/α,β-unsaturated/α-hetero) is 1. The van der Waals surface area contributed by atoms with Gasteiger partial charge in [-0.2, -0.15) is 39.5 Å². The van der Waals surface area contributed by atoms with Crippen LogP contribution in [0, 0.1) is 16.7 Å². The average Bonchev–Trinajstić information content (AvgIpc) is 3.25. The predicted octanol–water partition coefficient (Wildman–Crippen LogP) is 6.20. The van der Waals surface area contributed by atoms with E-state index in [0.717, 1.165) is 38.3 Å². The molecule has 0 radical (unpaired) electrons. The second kappa shape index (κ2) is 18.1. The summed E-state index contributed by atoms with van der Waals surface area (Å²) in [6.07, 6.45) is -36.4. The molecular weight excluding hydrogens is 949 g/mol. The number of carbonyl (C=O) groups excluding carboxylic acids is 5. The number of amides is 1. The van der Waals surface area contributed by atoms with Crippen molar-refractivity contribution in [1.82, 2.24) is 5.32 Å². The SMILES string of the molecule is CO[C@H]1C(=O)[C@]2(C)[C@@H](OC)C[C@H]3OC[C@@]3(OC(C)=O)[C@H]2[C@H](OC(=O)c2ccccc2)[C@]2(O)C[C@H](OC(=O)[C@H](O)[C@@H](NC(=O)OC(C(F)(F)F)(C(F)(F)F)C(F)(F)F)c3ccccc3)C(C)=C1C2(C)C. The van der Waals surface area contributed by atoms with Crippen molar-refractivity contribution < 1.29 is 107 Å². The van der Waals surface area contributed by atoms with Crippen molar-refractivity contribution in [1.29, 1.82) is 0 Å². The number of alkyl carbamates (subject to hydrolysis) is 1. The van der Waals surface area contributed by atoms with Gasteiger partial charge in [0, 0.05) is 39.4 Å². The Labute approximate surface area is 387 Å². The Bertz CT molecular complexity index is 2310. The van der Waals surface area contributed by atoms with Crippen LogP contribution in [0.4, 0.5) is 44.3 Å². The third-order valence-corrected chi connectivity index (χ3v) is 14.1. The minimum atomic E-state index is -7.34. The summed E-state index contributed by atoms with van der Waals surface area (Å²) in [6, 6.07) is 10.4. The number of hydrogen-bond donors (Lipinski definition) is 3. The number of alkyl halides is 9. The zero-order valence-corrected chi connectivity index (χ0v) is 37.7. The van der Waals surface area contributed by atoms with E-state index in [1.165, 1.54) is 70.5 Å². The fraction of sp³-hybridized carbons (Fsp3) is 0.578. The summed E-state index contributed by atoms with van der Waals surface area (Å²) in [5.41, 5.74) is -15.7. The molecule has 0 spiro atoms. The standard InChI is InChI=1S/C45H48F9NO14/c1-21-25(66-36(60)30(57)29(23-14-10-8-11-15-23)55-37(61)69-42(43(46,47)48,44(49,50)51)45(52,53)54)19-41(62)34(67-35(59)24-16-12-9-13-17-24)32-39(5,33(58)31(64-7)28(21)38(41,3)4)26(63-6)18-27-40(32,20-65-27)68-22(2)56/h8-17,25-27,29-32,34,57,62H,18-20H2,1-7H3,(H,55,61)/t25-,26-,27+,29-,30+,31+,32-,34-,39+,40-,41+/m0/s1. The van der Waals surface area contributed by atoms with E-state index >= 15 is 4.79 Å². The number of benzene rings is 2. The van der Waals surface area contributed by atoms with Gasteiger partial charge >= 0.3 is 48.1 Å². The van der Waals surface area contributed by atoms with Crippen LogP contribution in [-0.4, -0.2) is 133 Å². The van der Waals surface area contributed by atoms with E-state index in [0.29, 0.717) is 0 Å². The van der Waals surface area contributed by atoms with Gasteiger partial charge in [0.25, 0.3) is 0 Å². The topological polar surface area (TPSA) is 202 Å². The number of ketones is 1. The van der Waals surface area contributed by atoms with Gasteiger partial charge in [-0.25, -0.2) is 14.4 Å². The Hall–Kier alpha value is -5.30. The molecule has 1 amide bonds. The van der Waals surface area contributed by atoms with Gasteiger partial charge in [0.1, 0.15) is 30.0 Å². The number of hydrogen-bond acceptors (Lipinski definition) is 14. The highest BCUT2D eigenvalue weighted by atomic mass is 19.4. The van der Waals surface area contributed by atoms with Crippen LogP contribution in [0.2, 0.25) is 0 Å². The Morgan fingerprint density at radius 1 is 0.841 bits per heavy atom. The molecule has 1 saturated heterocycles. The van der Waals surface area contributed by atoms with Gasteiger partial charge in [0.2, 0.25) is 0 Å². The summed E-state index contributed by atoms with van der Waals surface area (Å²) < 4.78 is 163. The van der Waals surface area contributed by atoms with E-state index < -0.39 is 137 Å². The molecule has 3 aliphatic carbocycles. The number of halogens is 9. The van der Waals surface area contributed by atoms with Crippen molar-refractivity contribution >= 4 is 29.8 Å². The molecule has 11 atom stereocenters. The van der Waals surface area contributed by atoms with Crippen LogP contribution in [0.25, 0.3) is 0 Å². The van der Waals surface area contributed by atoms with Crippen LogP contribution in [0.15, 0.2) is 71.8 Å². The minimum absolute atomic E-state index is 0.0288. The van der Waals surface area contributed by atoms with E-state index in [4.69, 9.17) is 28.4 Å². The molecule has 1 heterocycles. The number of nitrogens with one attached hydrogen (secondary N) is 1. The molecular formula is C45H48F9NO14. The first-order chi connectivity index (χ1) is 31.8. The van der Waals surface area contributed by atoms with Crippen LogP contribution in [0.3, 0.4) is 0 Å². The quantitative estimate of drug-likeness (QED) is 0.0995. The van der Waals surface area contributed by atoms with Crippen LogP contribution in [0.5, 0.6) is 0 Å². The van der Waals surface area contributed by atoms with E-state index in [-0.39, 0.29) is 29.7 Å². The molecule has 3 N–H and O–H groups in total. The summed E-state index contributed by atoms with van der Waals surface area (Å²) in [4.78, 5) is 69.8. The molecule has 4 aliphatic rings. The highest BCUT2D eigenvalue weighted by molar-refractivity contribution is 5.94. The lowest BCUT2D eigenvalue weighted by molar-refractivity contribution is -0.443. The molecule has 1 aliphatic heterocycles. The molecule has 0 aromatic heterocycles. The molecule has 3 fully saturated rings. The number of methoxy groups -OCH3 is 2. The number of rotatable bonds is 11. The fourth-order valence-electron chi connectivity index (χ4n) is 10.6. The Kier molecular flexibility index (Phi) is 14.0. The summed E-state index contributed by atoms with van der Waals surface area (Å²) in [5.74, 6) is -6.07. The number of carbonyl (C=O) groups is 5. The molecule has 15 nitrogen and oxygen atoms in total. The van der Waals surface area contributed by atoms with Gasteiger partial charge in [0.05, 0.1) is 35.6 Å². The second-order valence-electron chi connectivity index (χ2n) is 18.1. The predicted molar refractivity (Wildman–Crippen MR) is 214 cm³/mol. The summed E-state index contributed by atoms with van der Waals surface area (Å²) in [7, 11) is 2.44. The van der Waals surface area contributed by atoms with Crippen molar-refractivity contribution in [2.75, 3.05) is 20.8 Å². The monoisotopic (exact) mass is 997 g/mol. The number of aliphatic hydroxyl groups excluding tert-OH is 1. The Balaban J connectivity index is 1.49. The average molecular weight is 998 g/mol. The normalized spacial score (nSPS) is 31.0. The van der Waals surface area contributed by atoms with E-state index in [1.54, 1.807) is 6.07 Å². The lowest BCUT2D eigenvalue weighted by Gasteiger charge is -2.67. The lowest BCUT2D eigenvalue weighted by atomic mass is 9.44.